The third kappa shape index (κ3) is 2.63. The molecule has 16 heavy (non-hydrogen) atoms. The predicted molar refractivity (Wildman–Crippen MR) is 59.2 cm³/mol. The van der Waals surface area contributed by atoms with Gasteiger partial charge in [0.1, 0.15) is 0 Å². The largest absolute Gasteiger partial charge is 0.409 e. The third-order valence-corrected chi connectivity index (χ3v) is 2.97. The second-order valence-electron chi connectivity index (χ2n) is 3.92. The van der Waals surface area contributed by atoms with E-state index in [1.807, 2.05) is 6.92 Å². The Labute approximate surface area is 95.0 Å². The predicted octanol–water partition coefficient (Wildman–Crippen LogP) is 0.00630. The molecule has 0 aromatic carbocycles. The minimum Gasteiger partial charge on any atom is -0.409 e. The molecule has 92 valence electrons. The van der Waals surface area contributed by atoms with E-state index >= 15 is 0 Å². The maximum Gasteiger partial charge on any atom is 0.233 e. The fourth-order valence-corrected chi connectivity index (χ4v) is 1.92. The highest BCUT2D eigenvalue weighted by molar-refractivity contribution is 6.02. The van der Waals surface area contributed by atoms with E-state index in [1.165, 1.54) is 0 Å². The van der Waals surface area contributed by atoms with Gasteiger partial charge in [0, 0.05) is 20.2 Å². The van der Waals surface area contributed by atoms with Gasteiger partial charge in [-0.25, -0.2) is 0 Å². The number of amides is 1. The Kier molecular flexibility index (Phi) is 4.54. The van der Waals surface area contributed by atoms with Crippen LogP contribution in [0.3, 0.4) is 0 Å². The summed E-state index contributed by atoms with van der Waals surface area (Å²) in [5.41, 5.74) is 5.48. The SMILES string of the molecule is CCC(C(=O)N1CCC(OC)C1)C(N)=NO. The summed E-state index contributed by atoms with van der Waals surface area (Å²) in [6.07, 6.45) is 1.48. The Hall–Kier alpha value is -1.30. The number of ether oxygens (including phenoxy) is 1. The van der Waals surface area contributed by atoms with Crippen LogP contribution in [-0.4, -0.2) is 48.2 Å². The minimum atomic E-state index is -0.527. The normalized spacial score (nSPS) is 23.5. The number of oxime groups is 1. The van der Waals surface area contributed by atoms with Crippen molar-refractivity contribution in [3.63, 3.8) is 0 Å². The molecule has 1 heterocycles. The van der Waals surface area contributed by atoms with E-state index in [2.05, 4.69) is 5.16 Å². The molecule has 3 N–H and O–H groups in total. The van der Waals surface area contributed by atoms with Gasteiger partial charge in [0.05, 0.1) is 12.0 Å². The molecule has 0 aliphatic carbocycles. The van der Waals surface area contributed by atoms with Crippen molar-refractivity contribution in [2.75, 3.05) is 20.2 Å². The lowest BCUT2D eigenvalue weighted by Gasteiger charge is -2.21. The Morgan fingerprint density at radius 2 is 2.44 bits per heavy atom. The highest BCUT2D eigenvalue weighted by Crippen LogP contribution is 2.16. The molecule has 0 spiro atoms. The molecule has 1 saturated heterocycles. The first-order chi connectivity index (χ1) is 7.63. The lowest BCUT2D eigenvalue weighted by Crippen LogP contribution is -2.41. The number of hydrogen-bond acceptors (Lipinski definition) is 4. The second kappa shape index (κ2) is 5.69. The van der Waals surface area contributed by atoms with Crippen molar-refractivity contribution in [3.8, 4) is 0 Å². The molecule has 0 aromatic heterocycles. The number of nitrogens with two attached hydrogens (primary N) is 1. The van der Waals surface area contributed by atoms with Gasteiger partial charge >= 0.3 is 0 Å². The van der Waals surface area contributed by atoms with E-state index in [-0.39, 0.29) is 17.8 Å². The third-order valence-electron chi connectivity index (χ3n) is 2.97. The van der Waals surface area contributed by atoms with Crippen LogP contribution in [0.2, 0.25) is 0 Å². The van der Waals surface area contributed by atoms with Crippen LogP contribution >= 0.6 is 0 Å². The molecule has 0 aromatic rings. The summed E-state index contributed by atoms with van der Waals surface area (Å²) < 4.78 is 5.19. The van der Waals surface area contributed by atoms with Crippen molar-refractivity contribution in [3.05, 3.63) is 0 Å². The van der Waals surface area contributed by atoms with Crippen LogP contribution in [0.25, 0.3) is 0 Å². The maximum atomic E-state index is 12.0. The standard InChI is InChI=1S/C10H19N3O3/c1-3-8(9(11)12-15)10(14)13-5-4-7(6-13)16-2/h7-8,15H,3-6H2,1-2H3,(H2,11,12). The Morgan fingerprint density at radius 3 is 2.88 bits per heavy atom. The lowest BCUT2D eigenvalue weighted by atomic mass is 10.0. The molecule has 0 bridgehead atoms. The van der Waals surface area contributed by atoms with Gasteiger partial charge in [-0.1, -0.05) is 12.1 Å². The fourth-order valence-electron chi connectivity index (χ4n) is 1.92. The van der Waals surface area contributed by atoms with Gasteiger partial charge in [0.25, 0.3) is 0 Å². The van der Waals surface area contributed by atoms with Gasteiger partial charge in [-0.3, -0.25) is 4.79 Å². The van der Waals surface area contributed by atoms with Crippen molar-refractivity contribution in [2.24, 2.45) is 16.8 Å². The molecule has 1 rings (SSSR count). The summed E-state index contributed by atoms with van der Waals surface area (Å²) in [5.74, 6) is -0.633. The summed E-state index contributed by atoms with van der Waals surface area (Å²) in [5, 5.41) is 11.5. The summed E-state index contributed by atoms with van der Waals surface area (Å²) in [7, 11) is 1.64. The summed E-state index contributed by atoms with van der Waals surface area (Å²) in [4.78, 5) is 13.7. The van der Waals surface area contributed by atoms with Crippen LogP contribution in [0, 0.1) is 5.92 Å². The van der Waals surface area contributed by atoms with Crippen LogP contribution in [0.15, 0.2) is 5.16 Å². The topological polar surface area (TPSA) is 88.2 Å². The zero-order chi connectivity index (χ0) is 12.1. The van der Waals surface area contributed by atoms with Gasteiger partial charge in [-0.2, -0.15) is 0 Å². The van der Waals surface area contributed by atoms with E-state index < -0.39 is 5.92 Å². The molecule has 2 atom stereocenters. The number of rotatable bonds is 4. The molecule has 1 aliphatic heterocycles. The fraction of sp³-hybridized carbons (Fsp3) is 0.800. The van der Waals surface area contributed by atoms with Crippen molar-refractivity contribution in [1.29, 1.82) is 0 Å². The van der Waals surface area contributed by atoms with E-state index in [0.29, 0.717) is 19.5 Å². The number of nitrogens with zero attached hydrogens (tertiary/aromatic N) is 2. The minimum absolute atomic E-state index is 0.0200. The van der Waals surface area contributed by atoms with Crippen LogP contribution in [0.4, 0.5) is 0 Å². The Balaban J connectivity index is 2.63. The molecule has 1 amide bonds. The number of amidine groups is 1. The van der Waals surface area contributed by atoms with Crippen LogP contribution in [-0.2, 0) is 9.53 Å². The first kappa shape index (κ1) is 12.8. The van der Waals surface area contributed by atoms with Crippen LogP contribution < -0.4 is 5.73 Å². The summed E-state index contributed by atoms with van der Waals surface area (Å²) in [6.45, 7) is 3.10. The molecular formula is C10H19N3O3. The van der Waals surface area contributed by atoms with Crippen LogP contribution in [0.1, 0.15) is 19.8 Å². The van der Waals surface area contributed by atoms with Crippen molar-refractivity contribution in [2.45, 2.75) is 25.9 Å². The van der Waals surface area contributed by atoms with Gasteiger partial charge in [-0.05, 0) is 12.8 Å². The smallest absolute Gasteiger partial charge is 0.233 e. The van der Waals surface area contributed by atoms with E-state index in [9.17, 15) is 4.79 Å². The summed E-state index contributed by atoms with van der Waals surface area (Å²) in [6, 6.07) is 0. The van der Waals surface area contributed by atoms with Gasteiger partial charge < -0.3 is 20.6 Å². The van der Waals surface area contributed by atoms with Gasteiger partial charge in [0.15, 0.2) is 5.84 Å². The van der Waals surface area contributed by atoms with Gasteiger partial charge in [0.2, 0.25) is 5.91 Å². The molecule has 0 saturated carbocycles. The van der Waals surface area contributed by atoms with Crippen molar-refractivity contribution in [1.82, 2.24) is 4.90 Å². The van der Waals surface area contributed by atoms with Crippen LogP contribution in [0.5, 0.6) is 0 Å². The van der Waals surface area contributed by atoms with E-state index in [4.69, 9.17) is 15.7 Å². The molecule has 0 radical (unpaired) electrons. The lowest BCUT2D eigenvalue weighted by molar-refractivity contribution is -0.132. The average molecular weight is 229 g/mol. The molecule has 6 heteroatoms. The highest BCUT2D eigenvalue weighted by Gasteiger charge is 2.31. The van der Waals surface area contributed by atoms with Crippen molar-refractivity contribution >= 4 is 11.7 Å². The quantitative estimate of drug-likeness (QED) is 0.307. The second-order valence-corrected chi connectivity index (χ2v) is 3.92. The molecular weight excluding hydrogens is 210 g/mol. The number of carbonyl (C=O) groups excluding carboxylic acids is 1. The van der Waals surface area contributed by atoms with E-state index in [1.54, 1.807) is 12.0 Å². The number of hydrogen-bond donors (Lipinski definition) is 2. The van der Waals surface area contributed by atoms with Gasteiger partial charge in [-0.15, -0.1) is 0 Å². The average Bonchev–Trinajstić information content (AvgIpc) is 2.78. The first-order valence-electron chi connectivity index (χ1n) is 5.43. The first-order valence-corrected chi connectivity index (χ1v) is 5.43. The van der Waals surface area contributed by atoms with E-state index in [0.717, 1.165) is 6.42 Å². The molecule has 1 fully saturated rings. The Bertz CT molecular complexity index is 280. The number of methoxy groups -OCH3 is 1. The monoisotopic (exact) mass is 229 g/mol. The van der Waals surface area contributed by atoms with Crippen molar-refractivity contribution < 1.29 is 14.7 Å². The number of carbonyl (C=O) groups is 1. The highest BCUT2D eigenvalue weighted by atomic mass is 16.5. The Morgan fingerprint density at radius 1 is 1.75 bits per heavy atom. The maximum absolute atomic E-state index is 12.0. The molecule has 6 nitrogen and oxygen atoms in total. The molecule has 1 aliphatic rings. The number of likely N-dealkylation sites (tertiary alicyclic amines) is 1. The zero-order valence-electron chi connectivity index (χ0n) is 9.72. The summed E-state index contributed by atoms with van der Waals surface area (Å²) >= 11 is 0. The molecule has 2 unspecified atom stereocenters. The zero-order valence-corrected chi connectivity index (χ0v) is 9.72.